The largest absolute Gasteiger partial charge is 0.496 e. The Bertz CT molecular complexity index is 1460. The van der Waals surface area contributed by atoms with Gasteiger partial charge >= 0.3 is 5.97 Å². The van der Waals surface area contributed by atoms with E-state index in [2.05, 4.69) is 10.3 Å². The Morgan fingerprint density at radius 1 is 1.10 bits per heavy atom. The van der Waals surface area contributed by atoms with Crippen molar-refractivity contribution in [2.75, 3.05) is 20.8 Å². The monoisotopic (exact) mass is 605 g/mol. The molecule has 212 valence electrons. The van der Waals surface area contributed by atoms with Gasteiger partial charge in [0.1, 0.15) is 23.7 Å². The van der Waals surface area contributed by atoms with Gasteiger partial charge in [0, 0.05) is 23.0 Å². The summed E-state index contributed by atoms with van der Waals surface area (Å²) in [7, 11) is -0.721. The number of aliphatic imine (C=N–C) groups is 1. The molecule has 9 nitrogen and oxygen atoms in total. The summed E-state index contributed by atoms with van der Waals surface area (Å²) in [5, 5.41) is 13.0. The van der Waals surface area contributed by atoms with Gasteiger partial charge in [-0.25, -0.2) is 13.2 Å². The summed E-state index contributed by atoms with van der Waals surface area (Å²) in [4.78, 5) is 16.3. The number of hydrogen-bond donors (Lipinski definition) is 2. The predicted molar refractivity (Wildman–Crippen MR) is 155 cm³/mol. The van der Waals surface area contributed by atoms with Crippen LogP contribution in [-0.2, 0) is 21.2 Å². The van der Waals surface area contributed by atoms with E-state index in [9.17, 15) is 18.3 Å². The van der Waals surface area contributed by atoms with Crippen LogP contribution in [0.25, 0.3) is 11.1 Å². The van der Waals surface area contributed by atoms with Gasteiger partial charge in [-0.1, -0.05) is 53.5 Å². The van der Waals surface area contributed by atoms with Gasteiger partial charge in [-0.2, -0.15) is 4.31 Å². The zero-order valence-electron chi connectivity index (χ0n) is 21.9. The zero-order chi connectivity index (χ0) is 28.9. The molecule has 1 unspecified atom stereocenters. The molecular formula is C28H29Cl2N3O6S. The van der Waals surface area contributed by atoms with Gasteiger partial charge in [0.15, 0.2) is 0 Å². The molecule has 1 aliphatic heterocycles. The van der Waals surface area contributed by atoms with Crippen LogP contribution in [-0.4, -0.2) is 63.1 Å². The second kappa shape index (κ2) is 12.9. The Balaban J connectivity index is 1.45. The molecule has 0 aliphatic carbocycles. The first kappa shape index (κ1) is 29.7. The third-order valence-electron chi connectivity index (χ3n) is 6.55. The maximum Gasteiger partial charge on any atom is 0.326 e. The highest BCUT2D eigenvalue weighted by Crippen LogP contribution is 2.38. The van der Waals surface area contributed by atoms with Gasteiger partial charge in [-0.3, -0.25) is 4.99 Å². The number of carbonyl (C=O) groups is 1. The fraction of sp³-hybridized carbons (Fsp3) is 0.286. The van der Waals surface area contributed by atoms with Gasteiger partial charge in [-0.05, 0) is 54.3 Å². The summed E-state index contributed by atoms with van der Waals surface area (Å²) in [5.74, 6) is 0.260. The number of halogens is 2. The van der Waals surface area contributed by atoms with Crippen molar-refractivity contribution in [1.82, 2.24) is 9.62 Å². The number of nitrogens with zero attached hydrogens (tertiary/aromatic N) is 2. The number of carboxylic acids is 1. The third kappa shape index (κ3) is 6.69. The Labute approximate surface area is 243 Å². The molecule has 3 aromatic carbocycles. The molecule has 0 bridgehead atoms. The molecule has 0 spiro atoms. The lowest BCUT2D eigenvalue weighted by atomic mass is 9.99. The minimum absolute atomic E-state index is 0.0161. The van der Waals surface area contributed by atoms with Crippen molar-refractivity contribution in [2.24, 2.45) is 4.99 Å². The predicted octanol–water partition coefficient (Wildman–Crippen LogP) is 5.10. The third-order valence-corrected chi connectivity index (χ3v) is 8.86. The molecule has 0 amide bonds. The molecule has 40 heavy (non-hydrogen) atoms. The van der Waals surface area contributed by atoms with Gasteiger partial charge in [0.2, 0.25) is 10.0 Å². The lowest BCUT2D eigenvalue weighted by Gasteiger charge is -2.21. The van der Waals surface area contributed by atoms with Crippen LogP contribution in [0.3, 0.4) is 0 Å². The van der Waals surface area contributed by atoms with Crippen LogP contribution >= 0.6 is 23.2 Å². The fourth-order valence-corrected chi connectivity index (χ4v) is 6.91. The highest BCUT2D eigenvalue weighted by atomic mass is 35.5. The van der Waals surface area contributed by atoms with Gasteiger partial charge in [0.05, 0.1) is 31.0 Å². The van der Waals surface area contributed by atoms with Gasteiger partial charge in [-0.15, -0.1) is 0 Å². The zero-order valence-corrected chi connectivity index (χ0v) is 24.2. The topological polar surface area (TPSA) is 118 Å². The van der Waals surface area contributed by atoms with E-state index in [0.717, 1.165) is 16.7 Å². The van der Waals surface area contributed by atoms with Crippen molar-refractivity contribution in [3.05, 3.63) is 76.3 Å². The molecule has 1 saturated heterocycles. The highest BCUT2D eigenvalue weighted by molar-refractivity contribution is 7.89. The normalized spacial score (nSPS) is 16.6. The Kier molecular flexibility index (Phi) is 9.57. The molecule has 2 atom stereocenters. The van der Waals surface area contributed by atoms with Crippen molar-refractivity contribution in [3.8, 4) is 22.6 Å². The van der Waals surface area contributed by atoms with Crippen molar-refractivity contribution in [1.29, 1.82) is 0 Å². The molecule has 3 aromatic rings. The number of aliphatic carboxylic acids is 1. The second-order valence-electron chi connectivity index (χ2n) is 9.12. The Hall–Kier alpha value is -3.31. The van der Waals surface area contributed by atoms with Crippen LogP contribution in [0.5, 0.6) is 11.5 Å². The summed E-state index contributed by atoms with van der Waals surface area (Å²) >= 11 is 12.0. The lowest BCUT2D eigenvalue weighted by molar-refractivity contribution is -0.139. The van der Waals surface area contributed by atoms with E-state index in [1.807, 2.05) is 42.5 Å². The first-order valence-corrected chi connectivity index (χ1v) is 14.6. The fourth-order valence-electron chi connectivity index (χ4n) is 4.58. The molecule has 1 aliphatic rings. The van der Waals surface area contributed by atoms with Crippen LogP contribution in [0.15, 0.2) is 70.6 Å². The SMILES string of the molecule is COc1cccc(OC)c1-c1ccc(C[C@H](N/C=N/C2CCCN2S(=O)(=O)c2cc(Cl)cc(Cl)c2)C(=O)O)cc1. The molecule has 1 fully saturated rings. The van der Waals surface area contributed by atoms with E-state index in [1.165, 1.54) is 28.8 Å². The van der Waals surface area contributed by atoms with Crippen molar-refractivity contribution in [2.45, 2.75) is 36.4 Å². The van der Waals surface area contributed by atoms with E-state index < -0.39 is 28.2 Å². The van der Waals surface area contributed by atoms with Crippen LogP contribution in [0.1, 0.15) is 18.4 Å². The van der Waals surface area contributed by atoms with Crippen molar-refractivity contribution < 1.29 is 27.8 Å². The molecule has 1 heterocycles. The maximum absolute atomic E-state index is 13.2. The average molecular weight is 607 g/mol. The molecular weight excluding hydrogens is 577 g/mol. The van der Waals surface area contributed by atoms with Crippen molar-refractivity contribution >= 4 is 45.5 Å². The molecule has 12 heteroatoms. The van der Waals surface area contributed by atoms with E-state index >= 15 is 0 Å². The summed E-state index contributed by atoms with van der Waals surface area (Å²) in [6.45, 7) is 0.278. The Morgan fingerprint density at radius 2 is 1.73 bits per heavy atom. The smallest absolute Gasteiger partial charge is 0.326 e. The van der Waals surface area contributed by atoms with Gasteiger partial charge in [0.25, 0.3) is 0 Å². The van der Waals surface area contributed by atoms with E-state index in [4.69, 9.17) is 32.7 Å². The number of methoxy groups -OCH3 is 2. The number of nitrogens with one attached hydrogen (secondary N) is 1. The summed E-state index contributed by atoms with van der Waals surface area (Å²) in [5.41, 5.74) is 2.45. The maximum atomic E-state index is 13.2. The summed E-state index contributed by atoms with van der Waals surface area (Å²) < 4.78 is 38.7. The molecule has 2 N–H and O–H groups in total. The highest BCUT2D eigenvalue weighted by Gasteiger charge is 2.35. The summed E-state index contributed by atoms with van der Waals surface area (Å²) in [6, 6.07) is 16.1. The van der Waals surface area contributed by atoms with E-state index in [0.29, 0.717) is 24.3 Å². The Morgan fingerprint density at radius 3 is 2.30 bits per heavy atom. The standard InChI is InChI=1S/C28H29Cl2N3O6S/c1-38-24-5-3-6-25(39-2)27(24)19-10-8-18(9-11-19)13-23(28(34)35)31-17-32-26-7-4-12-33(26)40(36,37)22-15-20(29)14-21(30)16-22/h3,5-6,8-11,14-17,23,26H,4,7,12-13H2,1-2H3,(H,31,32)(H,34,35)/t23-,26?/m0/s1. The first-order valence-electron chi connectivity index (χ1n) is 12.4. The van der Waals surface area contributed by atoms with E-state index in [1.54, 1.807) is 14.2 Å². The summed E-state index contributed by atoms with van der Waals surface area (Å²) in [6.07, 6.45) is 1.88. The average Bonchev–Trinajstić information content (AvgIpc) is 3.41. The quantitative estimate of drug-likeness (QED) is 0.230. The van der Waals surface area contributed by atoms with Crippen LogP contribution in [0.2, 0.25) is 10.0 Å². The molecule has 0 radical (unpaired) electrons. The number of rotatable bonds is 11. The number of hydrogen-bond acceptors (Lipinski definition) is 6. The number of carboxylic acid groups (broad SMARTS) is 1. The lowest BCUT2D eigenvalue weighted by Crippen LogP contribution is -2.39. The molecule has 0 saturated carbocycles. The number of ether oxygens (including phenoxy) is 2. The van der Waals surface area contributed by atoms with Gasteiger partial charge < -0.3 is 19.9 Å². The minimum Gasteiger partial charge on any atom is -0.496 e. The molecule has 0 aromatic heterocycles. The van der Waals surface area contributed by atoms with Crippen LogP contribution < -0.4 is 14.8 Å². The second-order valence-corrected chi connectivity index (χ2v) is 11.9. The van der Waals surface area contributed by atoms with Crippen LogP contribution in [0, 0.1) is 0 Å². The van der Waals surface area contributed by atoms with Crippen molar-refractivity contribution in [3.63, 3.8) is 0 Å². The van der Waals surface area contributed by atoms with Crippen LogP contribution in [0.4, 0.5) is 0 Å². The first-order chi connectivity index (χ1) is 19.1. The number of benzene rings is 3. The minimum atomic E-state index is -3.90. The number of sulfonamides is 1. The van der Waals surface area contributed by atoms with E-state index in [-0.39, 0.29) is 27.9 Å². The molecule has 4 rings (SSSR count).